The fraction of sp³-hybridized carbons (Fsp3) is 0.250. The van der Waals surface area contributed by atoms with Gasteiger partial charge in [-0.1, -0.05) is 0 Å². The van der Waals surface area contributed by atoms with Crippen LogP contribution in [0.25, 0.3) is 4.85 Å². The van der Waals surface area contributed by atoms with E-state index in [4.69, 9.17) is 6.57 Å². The first-order valence-corrected chi connectivity index (χ1v) is 3.21. The van der Waals surface area contributed by atoms with Crippen LogP contribution in [0.2, 0.25) is 0 Å². The van der Waals surface area contributed by atoms with E-state index in [1.807, 2.05) is 0 Å². The fourth-order valence-corrected chi connectivity index (χ4v) is 0.731. The van der Waals surface area contributed by atoms with Crippen molar-refractivity contribution in [2.24, 2.45) is 0 Å². The van der Waals surface area contributed by atoms with Crippen LogP contribution in [-0.2, 0) is 0 Å². The molecule has 0 bridgehead atoms. The van der Waals surface area contributed by atoms with E-state index in [9.17, 15) is 4.39 Å². The molecule has 0 fully saturated rings. The van der Waals surface area contributed by atoms with Crippen molar-refractivity contribution in [1.29, 1.82) is 0 Å². The van der Waals surface area contributed by atoms with E-state index < -0.39 is 5.82 Å². The summed E-state index contributed by atoms with van der Waals surface area (Å²) in [6, 6.07) is 1.02. The first-order valence-electron chi connectivity index (χ1n) is 3.21. The predicted octanol–water partition coefficient (Wildman–Crippen LogP) is 2.20. The van der Waals surface area contributed by atoms with Gasteiger partial charge in [0.1, 0.15) is 5.82 Å². The first kappa shape index (κ1) is 7.67. The summed E-state index contributed by atoms with van der Waals surface area (Å²) in [6.07, 6.45) is 2.63. The molecule has 0 aliphatic rings. The highest BCUT2D eigenvalue weighted by Crippen LogP contribution is 2.15. The molecule has 0 aromatic carbocycles. The molecule has 1 aromatic heterocycles. The lowest BCUT2D eigenvalue weighted by molar-refractivity contribution is 0.617. The summed E-state index contributed by atoms with van der Waals surface area (Å²) >= 11 is 0. The third kappa shape index (κ3) is 1.74. The van der Waals surface area contributed by atoms with Crippen molar-refractivity contribution in [3.63, 3.8) is 0 Å². The maximum atomic E-state index is 12.5. The molecule has 0 radical (unpaired) electrons. The molecule has 2 nitrogen and oxygen atoms in total. The molecule has 1 rings (SSSR count). The molecule has 0 aliphatic carbocycles. The summed E-state index contributed by atoms with van der Waals surface area (Å²) in [6.45, 7) is 8.40. The Labute approximate surface area is 64.5 Å². The van der Waals surface area contributed by atoms with E-state index in [0.717, 1.165) is 6.20 Å². The van der Waals surface area contributed by atoms with Gasteiger partial charge >= 0.3 is 0 Å². The highest BCUT2D eigenvalue weighted by atomic mass is 19.1. The number of halogens is 1. The van der Waals surface area contributed by atoms with Crippen LogP contribution in [0.1, 0.15) is 18.5 Å². The molecule has 0 spiro atoms. The van der Waals surface area contributed by atoms with Gasteiger partial charge in [0.05, 0.1) is 11.8 Å². The Morgan fingerprint density at radius 1 is 1.64 bits per heavy atom. The van der Waals surface area contributed by atoms with Gasteiger partial charge in [-0.2, -0.15) is 0 Å². The van der Waals surface area contributed by atoms with E-state index in [-0.39, 0.29) is 6.04 Å². The first-order chi connectivity index (χ1) is 5.24. The van der Waals surface area contributed by atoms with Crippen molar-refractivity contribution in [1.82, 2.24) is 4.98 Å². The van der Waals surface area contributed by atoms with Crippen LogP contribution in [0.5, 0.6) is 0 Å². The van der Waals surface area contributed by atoms with E-state index in [2.05, 4.69) is 9.83 Å². The molecule has 11 heavy (non-hydrogen) atoms. The van der Waals surface area contributed by atoms with Gasteiger partial charge in [-0.05, 0) is 6.07 Å². The van der Waals surface area contributed by atoms with Crippen molar-refractivity contribution in [3.8, 4) is 0 Å². The molecule has 1 heterocycles. The van der Waals surface area contributed by atoms with E-state index in [0.29, 0.717) is 5.56 Å². The lowest BCUT2D eigenvalue weighted by atomic mass is 10.1. The molecule has 1 atom stereocenters. The monoisotopic (exact) mass is 150 g/mol. The van der Waals surface area contributed by atoms with Crippen LogP contribution in [0.3, 0.4) is 0 Å². The molecular weight excluding hydrogens is 143 g/mol. The molecule has 1 unspecified atom stereocenters. The van der Waals surface area contributed by atoms with Gasteiger partial charge in [0.2, 0.25) is 6.04 Å². The van der Waals surface area contributed by atoms with Crippen LogP contribution in [0.4, 0.5) is 4.39 Å². The Bertz CT molecular complexity index is 290. The van der Waals surface area contributed by atoms with Gasteiger partial charge in [0, 0.05) is 13.1 Å². The molecular formula is C8H7FN2. The lowest BCUT2D eigenvalue weighted by Gasteiger charge is -1.96. The topological polar surface area (TPSA) is 17.2 Å². The number of hydrogen-bond acceptors (Lipinski definition) is 1. The molecule has 0 saturated carbocycles. The van der Waals surface area contributed by atoms with Crippen LogP contribution in [-0.4, -0.2) is 4.98 Å². The van der Waals surface area contributed by atoms with Crippen molar-refractivity contribution >= 4 is 0 Å². The second kappa shape index (κ2) is 3.11. The average molecular weight is 150 g/mol. The zero-order valence-electron chi connectivity index (χ0n) is 6.08. The Hall–Kier alpha value is -1.43. The lowest BCUT2D eigenvalue weighted by Crippen LogP contribution is -1.89. The maximum absolute atomic E-state index is 12.5. The Morgan fingerprint density at radius 2 is 2.36 bits per heavy atom. The van der Waals surface area contributed by atoms with E-state index >= 15 is 0 Å². The van der Waals surface area contributed by atoms with Crippen LogP contribution >= 0.6 is 0 Å². The van der Waals surface area contributed by atoms with Crippen LogP contribution in [0.15, 0.2) is 18.5 Å². The largest absolute Gasteiger partial charge is 0.309 e. The third-order valence-electron chi connectivity index (χ3n) is 1.40. The minimum Gasteiger partial charge on any atom is -0.309 e. The van der Waals surface area contributed by atoms with Crippen LogP contribution < -0.4 is 0 Å². The second-order valence-electron chi connectivity index (χ2n) is 2.24. The zero-order chi connectivity index (χ0) is 8.27. The minimum absolute atomic E-state index is 0.307. The highest BCUT2D eigenvalue weighted by molar-refractivity contribution is 5.16. The fourth-order valence-electron chi connectivity index (χ4n) is 0.731. The average Bonchev–Trinajstić information content (AvgIpc) is 2.03. The molecule has 0 amide bonds. The van der Waals surface area contributed by atoms with Crippen molar-refractivity contribution < 1.29 is 4.39 Å². The van der Waals surface area contributed by atoms with Gasteiger partial charge < -0.3 is 4.85 Å². The number of rotatable bonds is 1. The van der Waals surface area contributed by atoms with Crippen molar-refractivity contribution in [2.45, 2.75) is 13.0 Å². The van der Waals surface area contributed by atoms with Gasteiger partial charge in [0.25, 0.3) is 0 Å². The van der Waals surface area contributed by atoms with Gasteiger partial charge in [-0.3, -0.25) is 4.98 Å². The van der Waals surface area contributed by atoms with Gasteiger partial charge in [-0.25, -0.2) is 11.0 Å². The SMILES string of the molecule is [C-]#[N+]C(C)c1cncc(F)c1. The normalized spacial score (nSPS) is 12.1. The summed E-state index contributed by atoms with van der Waals surface area (Å²) < 4.78 is 12.5. The number of hydrogen-bond donors (Lipinski definition) is 0. The Morgan fingerprint density at radius 3 is 2.91 bits per heavy atom. The minimum atomic E-state index is -0.391. The summed E-state index contributed by atoms with van der Waals surface area (Å²) in [4.78, 5) is 6.88. The number of nitrogens with zero attached hydrogens (tertiary/aromatic N) is 2. The molecule has 0 aliphatic heterocycles. The molecule has 0 N–H and O–H groups in total. The zero-order valence-corrected chi connectivity index (χ0v) is 6.08. The van der Waals surface area contributed by atoms with E-state index in [1.54, 1.807) is 6.92 Å². The molecule has 1 aromatic rings. The Balaban J connectivity index is 2.98. The standard InChI is InChI=1S/C8H7FN2/c1-6(10-2)7-3-8(9)5-11-4-7/h3-6H,1H3. The summed E-state index contributed by atoms with van der Waals surface area (Å²) in [5.41, 5.74) is 0.625. The quantitative estimate of drug-likeness (QED) is 0.561. The number of pyridine rings is 1. The summed E-state index contributed by atoms with van der Waals surface area (Å²) in [5, 5.41) is 0. The highest BCUT2D eigenvalue weighted by Gasteiger charge is 2.08. The van der Waals surface area contributed by atoms with Crippen molar-refractivity contribution in [2.75, 3.05) is 0 Å². The van der Waals surface area contributed by atoms with Gasteiger partial charge in [0.15, 0.2) is 0 Å². The Kier molecular flexibility index (Phi) is 2.17. The van der Waals surface area contributed by atoms with E-state index in [1.165, 1.54) is 12.3 Å². The van der Waals surface area contributed by atoms with Crippen molar-refractivity contribution in [3.05, 3.63) is 41.3 Å². The second-order valence-corrected chi connectivity index (χ2v) is 2.24. The smallest absolute Gasteiger partial charge is 0.247 e. The summed E-state index contributed by atoms with van der Waals surface area (Å²) in [7, 11) is 0. The van der Waals surface area contributed by atoms with Gasteiger partial charge in [-0.15, -0.1) is 0 Å². The molecule has 56 valence electrons. The maximum Gasteiger partial charge on any atom is 0.247 e. The predicted molar refractivity (Wildman–Crippen MR) is 39.2 cm³/mol. The third-order valence-corrected chi connectivity index (χ3v) is 1.40. The molecule has 0 saturated heterocycles. The molecule has 3 heteroatoms. The number of aromatic nitrogens is 1. The van der Waals surface area contributed by atoms with Crippen LogP contribution in [0, 0.1) is 12.4 Å². The summed E-state index contributed by atoms with van der Waals surface area (Å²) in [5.74, 6) is -0.391.